The average molecular weight is 278 g/mol. The molecule has 0 aliphatic carbocycles. The van der Waals surface area contributed by atoms with Crippen molar-refractivity contribution in [3.63, 3.8) is 0 Å². The van der Waals surface area contributed by atoms with Crippen molar-refractivity contribution in [1.82, 2.24) is 10.1 Å². The molecule has 0 aliphatic heterocycles. The molecule has 5 heteroatoms. The van der Waals surface area contributed by atoms with E-state index in [9.17, 15) is 0 Å². The number of hydrogen-bond acceptors (Lipinski definition) is 5. The smallest absolute Gasteiger partial charge is 0.257 e. The van der Waals surface area contributed by atoms with E-state index in [-0.39, 0.29) is 6.61 Å². The molecule has 0 spiro atoms. The average Bonchev–Trinajstić information content (AvgIpc) is 2.87. The van der Waals surface area contributed by atoms with E-state index in [4.69, 9.17) is 9.63 Å². The fourth-order valence-corrected chi connectivity index (χ4v) is 2.54. The van der Waals surface area contributed by atoms with Gasteiger partial charge in [-0.3, -0.25) is 0 Å². The van der Waals surface area contributed by atoms with Gasteiger partial charge in [-0.2, -0.15) is 16.7 Å². The van der Waals surface area contributed by atoms with Gasteiger partial charge in [0.15, 0.2) is 5.82 Å². The van der Waals surface area contributed by atoms with Crippen LogP contribution in [0.15, 0.2) is 28.8 Å². The first-order valence-electron chi connectivity index (χ1n) is 6.27. The van der Waals surface area contributed by atoms with Crippen LogP contribution in [0.2, 0.25) is 0 Å². The second-order valence-electron chi connectivity index (χ2n) is 4.69. The minimum atomic E-state index is 0.216. The van der Waals surface area contributed by atoms with Crippen LogP contribution in [0.5, 0.6) is 0 Å². The Morgan fingerprint density at radius 3 is 3.00 bits per heavy atom. The summed E-state index contributed by atoms with van der Waals surface area (Å²) in [4.78, 5) is 4.38. The van der Waals surface area contributed by atoms with Gasteiger partial charge in [0.25, 0.3) is 5.89 Å². The number of rotatable bonds is 6. The maximum absolute atomic E-state index is 8.95. The lowest BCUT2D eigenvalue weighted by Gasteiger charge is -2.04. The predicted octanol–water partition coefficient (Wildman–Crippen LogP) is 2.91. The third-order valence-corrected chi connectivity index (χ3v) is 3.95. The Morgan fingerprint density at radius 2 is 2.26 bits per heavy atom. The molecule has 102 valence electrons. The lowest BCUT2D eigenvalue weighted by atomic mass is 10.1. The lowest BCUT2D eigenvalue weighted by Crippen LogP contribution is -2.03. The fraction of sp³-hybridized carbons (Fsp3) is 0.429. The van der Waals surface area contributed by atoms with E-state index < -0.39 is 0 Å². The molecule has 1 aromatic carbocycles. The second-order valence-corrected chi connectivity index (χ2v) is 5.72. The molecule has 1 aromatic heterocycles. The minimum absolute atomic E-state index is 0.216. The van der Waals surface area contributed by atoms with E-state index in [1.54, 1.807) is 11.8 Å². The van der Waals surface area contributed by atoms with Crippen LogP contribution in [0, 0.1) is 12.8 Å². The molecule has 4 nitrogen and oxygen atoms in total. The number of aromatic nitrogens is 2. The first-order chi connectivity index (χ1) is 9.19. The highest BCUT2D eigenvalue weighted by Gasteiger charge is 2.09. The Balaban J connectivity index is 1.95. The number of aryl methyl sites for hydroxylation is 1. The monoisotopic (exact) mass is 278 g/mol. The van der Waals surface area contributed by atoms with E-state index in [1.165, 1.54) is 5.56 Å². The minimum Gasteiger partial charge on any atom is -0.396 e. The Bertz CT molecular complexity index is 528. The zero-order valence-electron chi connectivity index (χ0n) is 11.2. The van der Waals surface area contributed by atoms with Crippen molar-refractivity contribution in [2.24, 2.45) is 5.92 Å². The normalized spacial score (nSPS) is 12.6. The standard InChI is InChI=1S/C14H18N2O2S/c1-10-4-3-5-12(6-10)14-15-13(16-18-14)9-19-8-11(2)7-17/h3-6,11,17H,7-9H2,1-2H3. The summed E-state index contributed by atoms with van der Waals surface area (Å²) < 4.78 is 5.27. The van der Waals surface area contributed by atoms with Crippen LogP contribution in [0.4, 0.5) is 0 Å². The van der Waals surface area contributed by atoms with Crippen LogP contribution in [-0.4, -0.2) is 27.6 Å². The molecule has 0 bridgehead atoms. The van der Waals surface area contributed by atoms with Gasteiger partial charge in [0.1, 0.15) is 0 Å². The summed E-state index contributed by atoms with van der Waals surface area (Å²) in [6.45, 7) is 4.27. The highest BCUT2D eigenvalue weighted by Crippen LogP contribution is 2.20. The summed E-state index contributed by atoms with van der Waals surface area (Å²) >= 11 is 1.71. The summed E-state index contributed by atoms with van der Waals surface area (Å²) in [5.74, 6) is 3.17. The molecule has 0 saturated heterocycles. The van der Waals surface area contributed by atoms with E-state index in [0.29, 0.717) is 23.4 Å². The summed E-state index contributed by atoms with van der Waals surface area (Å²) in [5.41, 5.74) is 2.12. The van der Waals surface area contributed by atoms with Crippen LogP contribution in [-0.2, 0) is 5.75 Å². The molecule has 0 aliphatic rings. The van der Waals surface area contributed by atoms with Crippen molar-refractivity contribution < 1.29 is 9.63 Å². The molecular weight excluding hydrogens is 260 g/mol. The van der Waals surface area contributed by atoms with Crippen LogP contribution < -0.4 is 0 Å². The van der Waals surface area contributed by atoms with Crippen molar-refractivity contribution >= 4 is 11.8 Å². The number of nitrogens with zero attached hydrogens (tertiary/aromatic N) is 2. The first kappa shape index (κ1) is 14.1. The van der Waals surface area contributed by atoms with Crippen LogP contribution in [0.3, 0.4) is 0 Å². The fourth-order valence-electron chi connectivity index (χ4n) is 1.61. The number of aliphatic hydroxyl groups excluding tert-OH is 1. The molecule has 1 unspecified atom stereocenters. The quantitative estimate of drug-likeness (QED) is 0.880. The van der Waals surface area contributed by atoms with Gasteiger partial charge in [0.2, 0.25) is 0 Å². The molecule has 1 atom stereocenters. The summed E-state index contributed by atoms with van der Waals surface area (Å²) in [6, 6.07) is 8.00. The van der Waals surface area contributed by atoms with Gasteiger partial charge >= 0.3 is 0 Å². The highest BCUT2D eigenvalue weighted by atomic mass is 32.2. The van der Waals surface area contributed by atoms with Gasteiger partial charge < -0.3 is 9.63 Å². The van der Waals surface area contributed by atoms with Crippen LogP contribution in [0.1, 0.15) is 18.3 Å². The summed E-state index contributed by atoms with van der Waals surface area (Å²) in [6.07, 6.45) is 0. The third-order valence-electron chi connectivity index (χ3n) is 2.68. The second kappa shape index (κ2) is 6.73. The number of hydrogen-bond donors (Lipinski definition) is 1. The van der Waals surface area contributed by atoms with Crippen molar-refractivity contribution in [1.29, 1.82) is 0 Å². The number of aliphatic hydroxyl groups is 1. The van der Waals surface area contributed by atoms with E-state index in [0.717, 1.165) is 11.3 Å². The largest absolute Gasteiger partial charge is 0.396 e. The highest BCUT2D eigenvalue weighted by molar-refractivity contribution is 7.98. The first-order valence-corrected chi connectivity index (χ1v) is 7.42. The molecule has 1 N–H and O–H groups in total. The number of thioether (sulfide) groups is 1. The Hall–Kier alpha value is -1.33. The maximum atomic E-state index is 8.95. The van der Waals surface area contributed by atoms with Gasteiger partial charge in [0, 0.05) is 12.2 Å². The SMILES string of the molecule is Cc1cccc(-c2nc(CSCC(C)CO)no2)c1. The van der Waals surface area contributed by atoms with Crippen molar-refractivity contribution in [3.05, 3.63) is 35.7 Å². The molecule has 0 saturated carbocycles. The van der Waals surface area contributed by atoms with E-state index in [1.807, 2.05) is 38.1 Å². The predicted molar refractivity (Wildman–Crippen MR) is 76.9 cm³/mol. The molecule has 2 rings (SSSR count). The molecule has 2 aromatic rings. The topological polar surface area (TPSA) is 59.2 Å². The lowest BCUT2D eigenvalue weighted by molar-refractivity contribution is 0.250. The molecule has 0 amide bonds. The Labute approximate surface area is 117 Å². The zero-order valence-corrected chi connectivity index (χ0v) is 12.0. The molecule has 0 fully saturated rings. The van der Waals surface area contributed by atoms with Crippen molar-refractivity contribution in [2.45, 2.75) is 19.6 Å². The molecule has 19 heavy (non-hydrogen) atoms. The van der Waals surface area contributed by atoms with E-state index >= 15 is 0 Å². The van der Waals surface area contributed by atoms with Gasteiger partial charge in [-0.15, -0.1) is 0 Å². The molecular formula is C14H18N2O2S. The summed E-state index contributed by atoms with van der Waals surface area (Å²) in [7, 11) is 0. The molecule has 1 heterocycles. The van der Waals surface area contributed by atoms with Crippen LogP contribution >= 0.6 is 11.8 Å². The van der Waals surface area contributed by atoms with Crippen molar-refractivity contribution in [2.75, 3.05) is 12.4 Å². The van der Waals surface area contributed by atoms with Gasteiger partial charge in [-0.05, 0) is 30.7 Å². The third kappa shape index (κ3) is 4.08. The van der Waals surface area contributed by atoms with Gasteiger partial charge in [-0.25, -0.2) is 0 Å². The van der Waals surface area contributed by atoms with Crippen LogP contribution in [0.25, 0.3) is 11.5 Å². The zero-order chi connectivity index (χ0) is 13.7. The van der Waals surface area contributed by atoms with Crippen molar-refractivity contribution in [3.8, 4) is 11.5 Å². The Kier molecular flexibility index (Phi) is 4.99. The maximum Gasteiger partial charge on any atom is 0.257 e. The van der Waals surface area contributed by atoms with Gasteiger partial charge in [-0.1, -0.05) is 29.8 Å². The molecule has 0 radical (unpaired) electrons. The van der Waals surface area contributed by atoms with E-state index in [2.05, 4.69) is 10.1 Å². The summed E-state index contributed by atoms with van der Waals surface area (Å²) in [5, 5.41) is 12.9. The number of benzene rings is 1. The van der Waals surface area contributed by atoms with Gasteiger partial charge in [0.05, 0.1) is 5.75 Å². The Morgan fingerprint density at radius 1 is 1.42 bits per heavy atom.